The molecule has 7 N–H and O–H groups in total. The van der Waals surface area contributed by atoms with Gasteiger partial charge in [0.1, 0.15) is 30.0 Å². The molecule has 2 aliphatic carbocycles. The van der Waals surface area contributed by atoms with Gasteiger partial charge in [0.15, 0.2) is 0 Å². The zero-order valence-electron chi connectivity index (χ0n) is 19.5. The van der Waals surface area contributed by atoms with Crippen molar-refractivity contribution in [2.75, 3.05) is 6.61 Å². The van der Waals surface area contributed by atoms with Crippen molar-refractivity contribution < 1.29 is 50.3 Å². The lowest BCUT2D eigenvalue weighted by Gasteiger charge is -2.60. The van der Waals surface area contributed by atoms with E-state index in [4.69, 9.17) is 14.5 Å². The van der Waals surface area contributed by atoms with Gasteiger partial charge in [0.05, 0.1) is 23.9 Å². The average Bonchev–Trinajstić information content (AvgIpc) is 2.70. The first-order valence-electron chi connectivity index (χ1n) is 11.4. The van der Waals surface area contributed by atoms with E-state index in [0.29, 0.717) is 25.7 Å². The van der Waals surface area contributed by atoms with Crippen LogP contribution in [0.3, 0.4) is 0 Å². The van der Waals surface area contributed by atoms with E-state index in [1.165, 1.54) is 6.92 Å². The summed E-state index contributed by atoms with van der Waals surface area (Å²) in [4.78, 5) is 11.2. The molecule has 0 amide bonds. The molecule has 0 radical (unpaired) electrons. The standard InChI is InChI=1S/C22H40O10/c1-19(2,28)11-6-8-20(3)12(24)7-9-21(4,29)16(20)15(11)31-32-18-14(26)13(25)17(27)22(5,10-23)30-18/h11-18,23-29H,6-10H2,1-5H3/t11-,12+,13-,14-,15-,16+,17+,18-,20-,21-,22+/m1/s1. The topological polar surface area (TPSA) is 169 Å². The largest absolute Gasteiger partial charge is 0.393 e. The zero-order valence-corrected chi connectivity index (χ0v) is 19.5. The number of aliphatic hydroxyl groups excluding tert-OH is 5. The van der Waals surface area contributed by atoms with Crippen LogP contribution >= 0.6 is 0 Å². The molecule has 10 nitrogen and oxygen atoms in total. The van der Waals surface area contributed by atoms with Gasteiger partial charge in [0.25, 0.3) is 0 Å². The van der Waals surface area contributed by atoms with Crippen LogP contribution in [-0.4, -0.2) is 96.0 Å². The fraction of sp³-hybridized carbons (Fsp3) is 1.00. The third kappa shape index (κ3) is 4.35. The molecule has 0 aromatic heterocycles. The van der Waals surface area contributed by atoms with Gasteiger partial charge >= 0.3 is 0 Å². The number of aliphatic hydroxyl groups is 7. The first-order valence-corrected chi connectivity index (χ1v) is 11.4. The monoisotopic (exact) mass is 464 g/mol. The lowest BCUT2D eigenvalue weighted by Crippen LogP contribution is -2.67. The van der Waals surface area contributed by atoms with Crippen molar-refractivity contribution in [2.24, 2.45) is 17.3 Å². The van der Waals surface area contributed by atoms with Gasteiger partial charge in [-0.15, -0.1) is 0 Å². The van der Waals surface area contributed by atoms with E-state index in [1.807, 2.05) is 6.92 Å². The van der Waals surface area contributed by atoms with E-state index in [0.717, 1.165) is 0 Å². The van der Waals surface area contributed by atoms with E-state index in [2.05, 4.69) is 0 Å². The fourth-order valence-corrected chi connectivity index (χ4v) is 6.06. The molecule has 3 aliphatic rings. The quantitative estimate of drug-likeness (QED) is 0.202. The van der Waals surface area contributed by atoms with Crippen LogP contribution in [-0.2, 0) is 14.5 Å². The van der Waals surface area contributed by atoms with Gasteiger partial charge in [-0.05, 0) is 53.4 Å². The van der Waals surface area contributed by atoms with E-state index >= 15 is 0 Å². The van der Waals surface area contributed by atoms with Crippen molar-refractivity contribution >= 4 is 0 Å². The molecule has 0 bridgehead atoms. The van der Waals surface area contributed by atoms with Crippen molar-refractivity contribution in [3.8, 4) is 0 Å². The van der Waals surface area contributed by atoms with Crippen LogP contribution in [0.15, 0.2) is 0 Å². The zero-order chi connectivity index (χ0) is 24.3. The van der Waals surface area contributed by atoms with Crippen molar-refractivity contribution in [3.63, 3.8) is 0 Å². The third-order valence-corrected chi connectivity index (χ3v) is 8.23. The molecule has 11 atom stereocenters. The molecule has 1 heterocycles. The van der Waals surface area contributed by atoms with Crippen LogP contribution < -0.4 is 0 Å². The summed E-state index contributed by atoms with van der Waals surface area (Å²) >= 11 is 0. The first-order chi connectivity index (χ1) is 14.6. The predicted octanol–water partition coefficient (Wildman–Crippen LogP) is -0.798. The van der Waals surface area contributed by atoms with Crippen LogP contribution in [0.1, 0.15) is 60.3 Å². The van der Waals surface area contributed by atoms with Gasteiger partial charge in [-0.2, -0.15) is 0 Å². The summed E-state index contributed by atoms with van der Waals surface area (Å²) in [6.07, 6.45) is -6.13. The molecule has 0 unspecified atom stereocenters. The molecule has 3 fully saturated rings. The molecule has 0 aromatic rings. The van der Waals surface area contributed by atoms with Gasteiger partial charge in [0, 0.05) is 17.3 Å². The van der Waals surface area contributed by atoms with Gasteiger partial charge in [-0.25, -0.2) is 9.78 Å². The number of hydrogen-bond acceptors (Lipinski definition) is 10. The summed E-state index contributed by atoms with van der Waals surface area (Å²) in [6, 6.07) is 0. The van der Waals surface area contributed by atoms with Crippen LogP contribution in [0.2, 0.25) is 0 Å². The highest BCUT2D eigenvalue weighted by atomic mass is 17.2. The predicted molar refractivity (Wildman–Crippen MR) is 111 cm³/mol. The summed E-state index contributed by atoms with van der Waals surface area (Å²) < 4.78 is 5.53. The Labute approximate surface area is 188 Å². The molecule has 0 aromatic carbocycles. The minimum atomic E-state index is -1.67. The molecule has 3 rings (SSSR count). The maximum absolute atomic E-state index is 11.3. The van der Waals surface area contributed by atoms with Gasteiger partial charge in [-0.1, -0.05) is 6.92 Å². The molecular formula is C22H40O10. The molecule has 188 valence electrons. The molecule has 32 heavy (non-hydrogen) atoms. The van der Waals surface area contributed by atoms with Crippen LogP contribution in [0.4, 0.5) is 0 Å². The lowest BCUT2D eigenvalue weighted by atomic mass is 9.50. The minimum absolute atomic E-state index is 0.336. The van der Waals surface area contributed by atoms with E-state index in [9.17, 15) is 35.7 Å². The molecule has 2 saturated carbocycles. The van der Waals surface area contributed by atoms with E-state index < -0.39 is 77.5 Å². The Bertz CT molecular complexity index is 666. The Morgan fingerprint density at radius 3 is 2.16 bits per heavy atom. The van der Waals surface area contributed by atoms with Gasteiger partial charge in [0.2, 0.25) is 6.29 Å². The Hall–Kier alpha value is -0.400. The smallest absolute Gasteiger partial charge is 0.220 e. The first kappa shape index (κ1) is 26.2. The lowest BCUT2D eigenvalue weighted by molar-refractivity contribution is -0.470. The van der Waals surface area contributed by atoms with Gasteiger partial charge < -0.3 is 40.5 Å². The van der Waals surface area contributed by atoms with Crippen LogP contribution in [0.25, 0.3) is 0 Å². The number of hydrogen-bond donors (Lipinski definition) is 7. The molecular weight excluding hydrogens is 424 g/mol. The van der Waals surface area contributed by atoms with Crippen LogP contribution in [0, 0.1) is 17.3 Å². The minimum Gasteiger partial charge on any atom is -0.393 e. The second-order valence-corrected chi connectivity index (χ2v) is 11.2. The highest BCUT2D eigenvalue weighted by Gasteiger charge is 2.62. The molecule has 0 spiro atoms. The summed E-state index contributed by atoms with van der Waals surface area (Å²) in [7, 11) is 0. The fourth-order valence-electron chi connectivity index (χ4n) is 6.06. The maximum Gasteiger partial charge on any atom is 0.220 e. The van der Waals surface area contributed by atoms with Gasteiger partial charge in [-0.3, -0.25) is 0 Å². The maximum atomic E-state index is 11.3. The Balaban J connectivity index is 1.90. The molecule has 10 heteroatoms. The Morgan fingerprint density at radius 2 is 1.59 bits per heavy atom. The summed E-state index contributed by atoms with van der Waals surface area (Å²) in [5.41, 5.74) is -4.71. The highest BCUT2D eigenvalue weighted by molar-refractivity contribution is 5.10. The third-order valence-electron chi connectivity index (χ3n) is 8.23. The van der Waals surface area contributed by atoms with Crippen molar-refractivity contribution in [2.45, 2.75) is 114 Å². The molecule has 1 aliphatic heterocycles. The van der Waals surface area contributed by atoms with E-state index in [-0.39, 0.29) is 0 Å². The second kappa shape index (κ2) is 8.67. The highest BCUT2D eigenvalue weighted by Crippen LogP contribution is 2.57. The Morgan fingerprint density at radius 1 is 0.969 bits per heavy atom. The van der Waals surface area contributed by atoms with Crippen LogP contribution in [0.5, 0.6) is 0 Å². The van der Waals surface area contributed by atoms with E-state index in [1.54, 1.807) is 20.8 Å². The summed E-state index contributed by atoms with van der Waals surface area (Å²) in [5.74, 6) is -1.08. The summed E-state index contributed by atoms with van der Waals surface area (Å²) in [6.45, 7) is 7.57. The SMILES string of the molecule is CC(C)(O)[C@@H]1CC[C@]2(C)[C@@H](O)CC[C@@](C)(O)[C@H]2[C@@H]1OO[C@H]1O[C@@](C)(CO)[C@@H](O)[C@H](O)[C@H]1O. The van der Waals surface area contributed by atoms with Crippen molar-refractivity contribution in [3.05, 3.63) is 0 Å². The number of fused-ring (bicyclic) bond motifs is 1. The summed E-state index contributed by atoms with van der Waals surface area (Å²) in [5, 5.41) is 73.3. The Kier molecular flexibility index (Phi) is 7.10. The average molecular weight is 465 g/mol. The number of rotatable bonds is 5. The molecule has 1 saturated heterocycles. The van der Waals surface area contributed by atoms with Crippen molar-refractivity contribution in [1.29, 1.82) is 0 Å². The second-order valence-electron chi connectivity index (χ2n) is 11.2. The number of ether oxygens (including phenoxy) is 1. The normalized spacial score (nSPS) is 52.5. The van der Waals surface area contributed by atoms with Crippen molar-refractivity contribution in [1.82, 2.24) is 0 Å².